The van der Waals surface area contributed by atoms with Crippen molar-refractivity contribution in [3.63, 3.8) is 0 Å². The van der Waals surface area contributed by atoms with E-state index in [1.807, 2.05) is 0 Å². The van der Waals surface area contributed by atoms with Crippen molar-refractivity contribution < 1.29 is 19.1 Å². The molecule has 1 rings (SSSR count). The number of methoxy groups -OCH3 is 2. The van der Waals surface area contributed by atoms with E-state index >= 15 is 0 Å². The van der Waals surface area contributed by atoms with Crippen LogP contribution in [0.2, 0.25) is 0 Å². The van der Waals surface area contributed by atoms with Crippen LogP contribution < -0.4 is 10.6 Å². The predicted octanol–water partition coefficient (Wildman–Crippen LogP) is -0.146. The summed E-state index contributed by atoms with van der Waals surface area (Å²) >= 11 is 0. The minimum Gasteiger partial charge on any atom is -0.467 e. The van der Waals surface area contributed by atoms with E-state index in [0.717, 1.165) is 13.1 Å². The van der Waals surface area contributed by atoms with E-state index in [9.17, 15) is 9.59 Å². The molecule has 2 N–H and O–H groups in total. The zero-order chi connectivity index (χ0) is 12.9. The molecule has 1 atom stereocenters. The second-order valence-corrected chi connectivity index (χ2v) is 4.17. The van der Waals surface area contributed by atoms with Gasteiger partial charge in [0.15, 0.2) is 0 Å². The van der Waals surface area contributed by atoms with Crippen LogP contribution in [0.5, 0.6) is 0 Å². The SMILES string of the molecule is COC(=O)C(C)NC(=O)C1(OC)CCNCC1.Cl. The summed E-state index contributed by atoms with van der Waals surface area (Å²) in [5, 5.41) is 5.79. The van der Waals surface area contributed by atoms with E-state index in [4.69, 9.17) is 4.74 Å². The van der Waals surface area contributed by atoms with Crippen LogP contribution in [0, 0.1) is 0 Å². The van der Waals surface area contributed by atoms with Crippen molar-refractivity contribution in [3.8, 4) is 0 Å². The first-order chi connectivity index (χ1) is 8.05. The fraction of sp³-hybridized carbons (Fsp3) is 0.818. The molecule has 1 amide bonds. The number of nitrogens with one attached hydrogen (secondary N) is 2. The van der Waals surface area contributed by atoms with Gasteiger partial charge in [-0.15, -0.1) is 12.4 Å². The number of carbonyl (C=O) groups excluding carboxylic acids is 2. The number of piperidine rings is 1. The zero-order valence-electron chi connectivity index (χ0n) is 10.9. The highest BCUT2D eigenvalue weighted by atomic mass is 35.5. The first-order valence-electron chi connectivity index (χ1n) is 5.70. The first kappa shape index (κ1) is 17.2. The molecule has 1 saturated heterocycles. The Hall–Kier alpha value is -0.850. The van der Waals surface area contributed by atoms with E-state index in [1.54, 1.807) is 6.92 Å². The Balaban J connectivity index is 0.00000289. The van der Waals surface area contributed by atoms with Gasteiger partial charge in [-0.3, -0.25) is 4.79 Å². The van der Waals surface area contributed by atoms with Gasteiger partial charge in [0.1, 0.15) is 11.6 Å². The highest BCUT2D eigenvalue weighted by Crippen LogP contribution is 2.22. The summed E-state index contributed by atoms with van der Waals surface area (Å²) in [7, 11) is 2.81. The maximum Gasteiger partial charge on any atom is 0.328 e. The van der Waals surface area contributed by atoms with Crippen LogP contribution in [-0.4, -0.2) is 50.8 Å². The van der Waals surface area contributed by atoms with Crippen LogP contribution in [0.3, 0.4) is 0 Å². The number of ether oxygens (including phenoxy) is 2. The molecule has 0 saturated carbocycles. The van der Waals surface area contributed by atoms with Crippen LogP contribution in [0.1, 0.15) is 19.8 Å². The lowest BCUT2D eigenvalue weighted by Gasteiger charge is -2.35. The van der Waals surface area contributed by atoms with Gasteiger partial charge in [0.05, 0.1) is 7.11 Å². The van der Waals surface area contributed by atoms with Gasteiger partial charge in [-0.05, 0) is 32.9 Å². The molecule has 0 aliphatic carbocycles. The maximum atomic E-state index is 12.1. The van der Waals surface area contributed by atoms with Crippen LogP contribution in [-0.2, 0) is 19.1 Å². The fourth-order valence-corrected chi connectivity index (χ4v) is 1.92. The largest absolute Gasteiger partial charge is 0.467 e. The van der Waals surface area contributed by atoms with E-state index in [2.05, 4.69) is 15.4 Å². The topological polar surface area (TPSA) is 76.7 Å². The Kier molecular flexibility index (Phi) is 7.20. The van der Waals surface area contributed by atoms with Gasteiger partial charge in [0.2, 0.25) is 0 Å². The Morgan fingerprint density at radius 3 is 2.28 bits per heavy atom. The number of hydrogen-bond acceptors (Lipinski definition) is 5. The van der Waals surface area contributed by atoms with Crippen molar-refractivity contribution in [3.05, 3.63) is 0 Å². The molecule has 0 radical (unpaired) electrons. The number of esters is 1. The number of rotatable bonds is 4. The second-order valence-electron chi connectivity index (χ2n) is 4.17. The lowest BCUT2D eigenvalue weighted by molar-refractivity contribution is -0.152. The third kappa shape index (κ3) is 3.83. The monoisotopic (exact) mass is 280 g/mol. The molecule has 18 heavy (non-hydrogen) atoms. The normalized spacial score (nSPS) is 19.3. The minimum atomic E-state index is -0.826. The molecule has 1 aliphatic heterocycles. The summed E-state index contributed by atoms with van der Waals surface area (Å²) in [4.78, 5) is 23.3. The molecular formula is C11H21ClN2O4. The fourth-order valence-electron chi connectivity index (χ4n) is 1.92. The van der Waals surface area contributed by atoms with Gasteiger partial charge in [-0.1, -0.05) is 0 Å². The predicted molar refractivity (Wildman–Crippen MR) is 68.7 cm³/mol. The van der Waals surface area contributed by atoms with Gasteiger partial charge in [0.25, 0.3) is 5.91 Å². The van der Waals surface area contributed by atoms with E-state index in [0.29, 0.717) is 12.8 Å². The smallest absolute Gasteiger partial charge is 0.328 e. The average Bonchev–Trinajstić information content (AvgIpc) is 2.38. The van der Waals surface area contributed by atoms with Crippen molar-refractivity contribution in [1.29, 1.82) is 0 Å². The average molecular weight is 281 g/mol. The number of hydrogen-bond donors (Lipinski definition) is 2. The Morgan fingerprint density at radius 1 is 1.28 bits per heavy atom. The molecule has 0 aromatic rings. The molecule has 1 unspecified atom stereocenters. The second kappa shape index (κ2) is 7.56. The standard InChI is InChI=1S/C11H20N2O4.ClH/c1-8(9(14)16-2)13-10(15)11(17-3)4-6-12-7-5-11;/h8,12H,4-7H2,1-3H3,(H,13,15);1H. The molecule has 0 aromatic carbocycles. The van der Waals surface area contributed by atoms with Gasteiger partial charge in [-0.2, -0.15) is 0 Å². The van der Waals surface area contributed by atoms with Gasteiger partial charge < -0.3 is 20.1 Å². The molecule has 1 fully saturated rings. The lowest BCUT2D eigenvalue weighted by atomic mass is 9.91. The molecule has 0 aromatic heterocycles. The highest BCUT2D eigenvalue weighted by Gasteiger charge is 2.40. The van der Waals surface area contributed by atoms with Crippen LogP contribution >= 0.6 is 12.4 Å². The minimum absolute atomic E-state index is 0. The van der Waals surface area contributed by atoms with Crippen LogP contribution in [0.4, 0.5) is 0 Å². The number of halogens is 1. The molecule has 7 heteroatoms. The summed E-state index contributed by atoms with van der Waals surface area (Å²) in [6, 6.07) is -0.658. The molecular weight excluding hydrogens is 260 g/mol. The van der Waals surface area contributed by atoms with Gasteiger partial charge >= 0.3 is 5.97 Å². The number of carbonyl (C=O) groups is 2. The van der Waals surface area contributed by atoms with E-state index in [1.165, 1.54) is 14.2 Å². The molecule has 1 heterocycles. The summed E-state index contributed by atoms with van der Waals surface area (Å²) in [5.74, 6) is -0.710. The Morgan fingerprint density at radius 2 is 1.83 bits per heavy atom. The van der Waals surface area contributed by atoms with Crippen LogP contribution in [0.15, 0.2) is 0 Å². The van der Waals surface area contributed by atoms with Crippen molar-refractivity contribution in [1.82, 2.24) is 10.6 Å². The first-order valence-corrected chi connectivity index (χ1v) is 5.70. The lowest BCUT2D eigenvalue weighted by Crippen LogP contribution is -2.56. The van der Waals surface area contributed by atoms with Gasteiger partial charge in [0, 0.05) is 7.11 Å². The summed E-state index contributed by atoms with van der Waals surface area (Å²) < 4.78 is 9.91. The summed E-state index contributed by atoms with van der Waals surface area (Å²) in [5.41, 5.74) is -0.826. The molecule has 0 spiro atoms. The summed E-state index contributed by atoms with van der Waals surface area (Å²) in [6.45, 7) is 3.05. The zero-order valence-corrected chi connectivity index (χ0v) is 11.8. The summed E-state index contributed by atoms with van der Waals surface area (Å²) in [6.07, 6.45) is 1.20. The Bertz CT molecular complexity index is 293. The molecule has 6 nitrogen and oxygen atoms in total. The quantitative estimate of drug-likeness (QED) is 0.701. The van der Waals surface area contributed by atoms with Gasteiger partial charge in [-0.25, -0.2) is 4.79 Å². The maximum absolute atomic E-state index is 12.1. The van der Waals surface area contributed by atoms with Crippen LogP contribution in [0.25, 0.3) is 0 Å². The van der Waals surface area contributed by atoms with E-state index < -0.39 is 17.6 Å². The number of amides is 1. The molecule has 1 aliphatic rings. The van der Waals surface area contributed by atoms with Crippen molar-refractivity contribution in [2.75, 3.05) is 27.3 Å². The van der Waals surface area contributed by atoms with Crippen molar-refractivity contribution >= 4 is 24.3 Å². The molecule has 0 bridgehead atoms. The third-order valence-corrected chi connectivity index (χ3v) is 3.12. The van der Waals surface area contributed by atoms with Crippen molar-refractivity contribution in [2.24, 2.45) is 0 Å². The van der Waals surface area contributed by atoms with Crippen molar-refractivity contribution in [2.45, 2.75) is 31.4 Å². The van der Waals surface area contributed by atoms with E-state index in [-0.39, 0.29) is 18.3 Å². The molecule has 106 valence electrons. The highest BCUT2D eigenvalue weighted by molar-refractivity contribution is 5.89. The Labute approximate surface area is 113 Å². The third-order valence-electron chi connectivity index (χ3n) is 3.12.